The summed E-state index contributed by atoms with van der Waals surface area (Å²) in [4.78, 5) is 33.6. The van der Waals surface area contributed by atoms with Gasteiger partial charge in [0.25, 0.3) is 11.6 Å². The number of non-ortho nitro benzene ring substituents is 1. The van der Waals surface area contributed by atoms with E-state index in [4.69, 9.17) is 13.9 Å². The number of methoxy groups -OCH3 is 1. The van der Waals surface area contributed by atoms with Crippen molar-refractivity contribution in [3.05, 3.63) is 50.9 Å². The predicted octanol–water partition coefficient (Wildman–Crippen LogP) is 2.75. The highest BCUT2D eigenvalue weighted by Gasteiger charge is 2.16. The van der Waals surface area contributed by atoms with Gasteiger partial charge in [0.15, 0.2) is 11.3 Å². The average Bonchev–Trinajstić information content (AvgIpc) is 2.99. The Morgan fingerprint density at radius 1 is 1.33 bits per heavy atom. The first-order valence-electron chi connectivity index (χ1n) is 6.45. The van der Waals surface area contributed by atoms with Gasteiger partial charge < -0.3 is 19.2 Å². The maximum absolute atomic E-state index is 11.8. The van der Waals surface area contributed by atoms with Crippen LogP contribution in [0.15, 0.2) is 39.4 Å². The number of halogens is 1. The number of nitrogens with one attached hydrogen (secondary N) is 1. The van der Waals surface area contributed by atoms with Crippen molar-refractivity contribution in [1.82, 2.24) is 0 Å². The summed E-state index contributed by atoms with van der Waals surface area (Å²) in [5.41, 5.74) is 0.0320. The van der Waals surface area contributed by atoms with Gasteiger partial charge in [-0.3, -0.25) is 14.9 Å². The van der Waals surface area contributed by atoms with Gasteiger partial charge in [-0.1, -0.05) is 0 Å². The van der Waals surface area contributed by atoms with E-state index in [0.717, 1.165) is 0 Å². The monoisotopic (exact) mass is 398 g/mol. The molecule has 1 aromatic carbocycles. The highest BCUT2D eigenvalue weighted by atomic mass is 79.9. The van der Waals surface area contributed by atoms with Crippen molar-refractivity contribution in [2.24, 2.45) is 0 Å². The molecule has 0 spiro atoms. The molecular weight excluding hydrogens is 388 g/mol. The molecule has 126 valence electrons. The number of rotatable bonds is 6. The van der Waals surface area contributed by atoms with Crippen molar-refractivity contribution in [3.8, 4) is 5.75 Å². The maximum Gasteiger partial charge on any atom is 0.374 e. The third-order valence-electron chi connectivity index (χ3n) is 2.78. The average molecular weight is 399 g/mol. The third-order valence-corrected chi connectivity index (χ3v) is 3.20. The summed E-state index contributed by atoms with van der Waals surface area (Å²) in [5, 5.41) is 13.1. The highest BCUT2D eigenvalue weighted by Crippen LogP contribution is 2.28. The van der Waals surface area contributed by atoms with Gasteiger partial charge in [0.1, 0.15) is 5.75 Å². The van der Waals surface area contributed by atoms with E-state index in [1.807, 2.05) is 0 Å². The zero-order chi connectivity index (χ0) is 17.7. The summed E-state index contributed by atoms with van der Waals surface area (Å²) in [7, 11) is 1.31. The van der Waals surface area contributed by atoms with Crippen LogP contribution in [0.3, 0.4) is 0 Å². The second kappa shape index (κ2) is 7.59. The van der Waals surface area contributed by atoms with Crippen molar-refractivity contribution in [3.63, 3.8) is 0 Å². The topological polar surface area (TPSA) is 121 Å². The van der Waals surface area contributed by atoms with Crippen LogP contribution < -0.4 is 10.1 Å². The standard InChI is InChI=1S/C14H11BrN2O7/c1-22-11-6-8(17(20)21)2-3-9(11)16-13(18)7-23-14(19)10-4-5-12(15)24-10/h2-6H,7H2,1H3,(H,16,18). The van der Waals surface area contributed by atoms with Crippen molar-refractivity contribution in [1.29, 1.82) is 0 Å². The number of benzene rings is 1. The molecular formula is C14H11BrN2O7. The Hall–Kier alpha value is -2.88. The van der Waals surface area contributed by atoms with Gasteiger partial charge in [-0.15, -0.1) is 0 Å². The number of carbonyl (C=O) groups is 2. The summed E-state index contributed by atoms with van der Waals surface area (Å²) in [6.07, 6.45) is 0. The van der Waals surface area contributed by atoms with Gasteiger partial charge in [0.2, 0.25) is 5.76 Å². The molecule has 0 aliphatic heterocycles. The summed E-state index contributed by atoms with van der Waals surface area (Å²) in [5.74, 6) is -1.38. The number of nitro groups is 1. The fraction of sp³-hybridized carbons (Fsp3) is 0.143. The molecule has 0 radical (unpaired) electrons. The Balaban J connectivity index is 1.97. The van der Waals surface area contributed by atoms with Crippen LogP contribution in [0.1, 0.15) is 10.6 Å². The van der Waals surface area contributed by atoms with Gasteiger partial charge in [-0.05, 0) is 34.1 Å². The molecule has 2 aromatic rings. The Morgan fingerprint density at radius 3 is 2.67 bits per heavy atom. The number of amides is 1. The molecule has 0 aliphatic carbocycles. The van der Waals surface area contributed by atoms with Crippen molar-refractivity contribution in [2.45, 2.75) is 0 Å². The summed E-state index contributed by atoms with van der Waals surface area (Å²) in [6, 6.07) is 6.61. The van der Waals surface area contributed by atoms with Crippen LogP contribution in [-0.2, 0) is 9.53 Å². The second-order valence-corrected chi connectivity index (χ2v) is 5.15. The number of hydrogen-bond donors (Lipinski definition) is 1. The van der Waals surface area contributed by atoms with Crippen molar-refractivity contribution >= 4 is 39.2 Å². The molecule has 0 aliphatic rings. The van der Waals surface area contributed by atoms with Crippen LogP contribution in [0.2, 0.25) is 0 Å². The van der Waals surface area contributed by atoms with E-state index in [-0.39, 0.29) is 22.9 Å². The van der Waals surface area contributed by atoms with E-state index in [1.165, 1.54) is 37.4 Å². The number of hydrogen-bond acceptors (Lipinski definition) is 7. The fourth-order valence-electron chi connectivity index (χ4n) is 1.71. The molecule has 0 unspecified atom stereocenters. The molecule has 1 amide bonds. The van der Waals surface area contributed by atoms with Gasteiger partial charge in [0, 0.05) is 6.07 Å². The Kier molecular flexibility index (Phi) is 5.53. The Bertz CT molecular complexity index is 787. The van der Waals surface area contributed by atoms with Crippen LogP contribution in [0.25, 0.3) is 0 Å². The van der Waals surface area contributed by atoms with Crippen molar-refractivity contribution < 1.29 is 28.4 Å². The lowest BCUT2D eigenvalue weighted by atomic mass is 10.2. The summed E-state index contributed by atoms with van der Waals surface area (Å²) >= 11 is 3.04. The molecule has 1 aromatic heterocycles. The number of furan rings is 1. The number of carbonyl (C=O) groups excluding carboxylic acids is 2. The van der Waals surface area contributed by atoms with Crippen LogP contribution in [-0.4, -0.2) is 30.5 Å². The van der Waals surface area contributed by atoms with Gasteiger partial charge in [0.05, 0.1) is 23.8 Å². The molecule has 2 rings (SSSR count). The van der Waals surface area contributed by atoms with E-state index < -0.39 is 23.4 Å². The normalized spacial score (nSPS) is 10.1. The number of nitrogens with zero attached hydrogens (tertiary/aromatic N) is 1. The van der Waals surface area contributed by atoms with Gasteiger partial charge >= 0.3 is 5.97 Å². The number of esters is 1. The fourth-order valence-corrected chi connectivity index (χ4v) is 2.02. The first-order chi connectivity index (χ1) is 11.4. The quantitative estimate of drug-likeness (QED) is 0.450. The van der Waals surface area contributed by atoms with E-state index in [2.05, 4.69) is 21.2 Å². The molecule has 0 fully saturated rings. The maximum atomic E-state index is 11.8. The minimum absolute atomic E-state index is 0.0532. The van der Waals surface area contributed by atoms with E-state index in [9.17, 15) is 19.7 Å². The minimum Gasteiger partial charge on any atom is -0.494 e. The van der Waals surface area contributed by atoms with Crippen LogP contribution in [0.4, 0.5) is 11.4 Å². The highest BCUT2D eigenvalue weighted by molar-refractivity contribution is 9.10. The van der Waals surface area contributed by atoms with Gasteiger partial charge in [-0.2, -0.15) is 0 Å². The molecule has 9 nitrogen and oxygen atoms in total. The molecule has 1 heterocycles. The SMILES string of the molecule is COc1cc([N+](=O)[O-])ccc1NC(=O)COC(=O)c1ccc(Br)o1. The third kappa shape index (κ3) is 4.32. The zero-order valence-corrected chi connectivity index (χ0v) is 13.9. The Morgan fingerprint density at radius 2 is 2.08 bits per heavy atom. The first-order valence-corrected chi connectivity index (χ1v) is 7.24. The van der Waals surface area contributed by atoms with Crippen LogP contribution >= 0.6 is 15.9 Å². The van der Waals surface area contributed by atoms with Crippen LogP contribution in [0.5, 0.6) is 5.75 Å². The predicted molar refractivity (Wildman–Crippen MR) is 85.0 cm³/mol. The lowest BCUT2D eigenvalue weighted by molar-refractivity contribution is -0.384. The molecule has 1 N–H and O–H groups in total. The van der Waals surface area contributed by atoms with E-state index in [1.54, 1.807) is 0 Å². The van der Waals surface area contributed by atoms with Gasteiger partial charge in [-0.25, -0.2) is 4.79 Å². The van der Waals surface area contributed by atoms with Crippen molar-refractivity contribution in [2.75, 3.05) is 19.0 Å². The number of ether oxygens (including phenoxy) is 2. The molecule has 0 atom stereocenters. The first kappa shape index (κ1) is 17.5. The summed E-state index contributed by atoms with van der Waals surface area (Å²) in [6.45, 7) is -0.558. The number of anilines is 1. The smallest absolute Gasteiger partial charge is 0.374 e. The van der Waals surface area contributed by atoms with Crippen LogP contribution in [0, 0.1) is 10.1 Å². The Labute approximate surface area is 143 Å². The minimum atomic E-state index is -0.800. The lowest BCUT2D eigenvalue weighted by Crippen LogP contribution is -2.21. The molecule has 0 saturated heterocycles. The molecule has 10 heteroatoms. The zero-order valence-electron chi connectivity index (χ0n) is 12.3. The van der Waals surface area contributed by atoms with E-state index >= 15 is 0 Å². The molecule has 0 bridgehead atoms. The largest absolute Gasteiger partial charge is 0.494 e. The van der Waals surface area contributed by atoms with E-state index in [0.29, 0.717) is 4.67 Å². The number of nitro benzene ring substituents is 1. The molecule has 24 heavy (non-hydrogen) atoms. The second-order valence-electron chi connectivity index (χ2n) is 4.37. The molecule has 0 saturated carbocycles. The summed E-state index contributed by atoms with van der Waals surface area (Å²) < 4.78 is 15.1. The lowest BCUT2D eigenvalue weighted by Gasteiger charge is -2.10.